The van der Waals surface area contributed by atoms with Crippen molar-refractivity contribution in [1.29, 1.82) is 0 Å². The minimum absolute atomic E-state index is 0.000973. The summed E-state index contributed by atoms with van der Waals surface area (Å²) in [5.41, 5.74) is -1.56. The van der Waals surface area contributed by atoms with E-state index in [9.17, 15) is 51.5 Å². The van der Waals surface area contributed by atoms with Gasteiger partial charge in [0.15, 0.2) is 0 Å². The van der Waals surface area contributed by atoms with Gasteiger partial charge in [0.1, 0.15) is 47.8 Å². The van der Waals surface area contributed by atoms with Crippen LogP contribution in [0, 0.1) is 35.5 Å². The van der Waals surface area contributed by atoms with Crippen LogP contribution in [0.2, 0.25) is 0 Å². The molecule has 11 atom stereocenters. The van der Waals surface area contributed by atoms with Crippen LogP contribution in [0.5, 0.6) is 0 Å². The van der Waals surface area contributed by atoms with Gasteiger partial charge in [0.2, 0.25) is 70.9 Å². The van der Waals surface area contributed by atoms with Gasteiger partial charge in [0.25, 0.3) is 0 Å². The van der Waals surface area contributed by atoms with Crippen molar-refractivity contribution in [3.63, 3.8) is 0 Å². The van der Waals surface area contributed by atoms with Crippen molar-refractivity contribution in [2.75, 3.05) is 88.6 Å². The van der Waals surface area contributed by atoms with Gasteiger partial charge >= 0.3 is 6.18 Å². The van der Waals surface area contributed by atoms with E-state index in [0.29, 0.717) is 64.5 Å². The van der Waals surface area contributed by atoms with Gasteiger partial charge < -0.3 is 60.0 Å². The number of likely N-dealkylation sites (tertiary alicyclic amines) is 1. The fraction of sp³-hybridized carbons (Fsp3) is 0.826. The molecule has 0 bridgehead atoms. The average molecular weight is 1390 g/mol. The highest BCUT2D eigenvalue weighted by Crippen LogP contribution is 2.44. The molecule has 7 aliphatic rings. The Balaban J connectivity index is 1.24. The second-order valence-corrected chi connectivity index (χ2v) is 30.3. The second kappa shape index (κ2) is 34.2. The molecule has 3 N–H and O–H groups in total. The largest absolute Gasteiger partial charge is 0.393 e. The summed E-state index contributed by atoms with van der Waals surface area (Å²) >= 11 is 6.39. The first-order chi connectivity index (χ1) is 45.7. The predicted octanol–water partition coefficient (Wildman–Crippen LogP) is 4.92. The van der Waals surface area contributed by atoms with Gasteiger partial charge in [-0.15, -0.1) is 11.6 Å². The molecule has 28 heteroatoms. The van der Waals surface area contributed by atoms with E-state index in [4.69, 9.17) is 11.6 Å². The summed E-state index contributed by atoms with van der Waals surface area (Å²) < 4.78 is 41.9. The van der Waals surface area contributed by atoms with Gasteiger partial charge in [-0.05, 0) is 126 Å². The Morgan fingerprint density at radius 2 is 1.22 bits per heavy atom. The minimum atomic E-state index is -4.51. The lowest BCUT2D eigenvalue weighted by Gasteiger charge is -2.42. The fourth-order valence-electron chi connectivity index (χ4n) is 15.8. The summed E-state index contributed by atoms with van der Waals surface area (Å²) in [6.07, 6.45) is 5.41. The summed E-state index contributed by atoms with van der Waals surface area (Å²) in [6.45, 7) is 6.32. The van der Waals surface area contributed by atoms with Crippen LogP contribution < -0.4 is 16.0 Å². The molecule has 3 aliphatic heterocycles. The SMILES string of the molecule is CC[C@H](C)[C@@H]1NC(=O)[C@H](C2CC2)N(C)C(=O)C[C@@H](C(=O)N2CCCCC2)N(C)C(=O)[C@H](C(C)C)N(C)C(=O)C2(CCCC2)NC(=O)[C@@H]2CCCN2C(=O)[C@H](CCC2CCC(C(F)(F)F)C(Cl)C2)NC(=O)CN(C)C(=O)[C@H](CC2CCCCC2)N(C)C(=O)CN(C)C(=O)CN(C)C1=O. The van der Waals surface area contributed by atoms with Crippen molar-refractivity contribution in [2.24, 2.45) is 35.5 Å². The molecule has 4 aliphatic carbocycles. The molecule has 0 radical (unpaired) electrons. The number of nitrogens with one attached hydrogen (secondary N) is 3. The molecule has 0 aromatic rings. The molecule has 24 nitrogen and oxygen atoms in total. The molecular weight excluding hydrogens is 1280 g/mol. The summed E-state index contributed by atoms with van der Waals surface area (Å²) in [7, 11) is 9.98. The number of rotatable bonds is 10. The lowest BCUT2D eigenvalue weighted by Crippen LogP contribution is -2.65. The number of amides is 12. The van der Waals surface area contributed by atoms with Crippen LogP contribution in [0.25, 0.3) is 0 Å². The van der Waals surface area contributed by atoms with Crippen LogP contribution in [0.1, 0.15) is 182 Å². The van der Waals surface area contributed by atoms with E-state index in [1.165, 1.54) is 73.8 Å². The van der Waals surface area contributed by atoms with Crippen LogP contribution >= 0.6 is 11.6 Å². The number of nitrogens with zero attached hydrogens (tertiary/aromatic N) is 9. The number of halogens is 4. The average Bonchev–Trinajstić information content (AvgIpc) is 1.77. The molecule has 3 unspecified atom stereocenters. The molecule has 0 aromatic heterocycles. The Morgan fingerprint density at radius 1 is 0.598 bits per heavy atom. The maximum Gasteiger partial charge on any atom is 0.393 e. The first kappa shape index (κ1) is 78.1. The number of hydrogen-bond donors (Lipinski definition) is 3. The molecule has 7 rings (SSSR count). The normalized spacial score (nSPS) is 30.3. The van der Waals surface area contributed by atoms with Crippen LogP contribution in [0.3, 0.4) is 0 Å². The lowest BCUT2D eigenvalue weighted by atomic mass is 9.78. The van der Waals surface area contributed by atoms with E-state index in [2.05, 4.69) is 16.0 Å². The van der Waals surface area contributed by atoms with E-state index in [0.717, 1.165) is 53.2 Å². The second-order valence-electron chi connectivity index (χ2n) is 29.7. The predicted molar refractivity (Wildman–Crippen MR) is 356 cm³/mol. The maximum absolute atomic E-state index is 15.4. The summed E-state index contributed by atoms with van der Waals surface area (Å²) in [5.74, 6) is -10.9. The number of carbonyl (C=O) groups excluding carboxylic acids is 12. The number of hydrogen-bond acceptors (Lipinski definition) is 12. The first-order valence-corrected chi connectivity index (χ1v) is 36.2. The van der Waals surface area contributed by atoms with Gasteiger partial charge in [0, 0.05) is 74.3 Å². The Bertz CT molecular complexity index is 2850. The van der Waals surface area contributed by atoms with Crippen molar-refractivity contribution in [2.45, 2.75) is 241 Å². The summed E-state index contributed by atoms with van der Waals surface area (Å²) in [4.78, 5) is 189. The third-order valence-corrected chi connectivity index (χ3v) is 22.8. The Kier molecular flexibility index (Phi) is 27.5. The van der Waals surface area contributed by atoms with Crippen molar-refractivity contribution in [3.05, 3.63) is 0 Å². The van der Waals surface area contributed by atoms with Crippen molar-refractivity contribution in [1.82, 2.24) is 60.0 Å². The Hall–Kier alpha value is -6.28. The van der Waals surface area contributed by atoms with Crippen LogP contribution in [0.4, 0.5) is 13.2 Å². The van der Waals surface area contributed by atoms with Gasteiger partial charge in [-0.25, -0.2) is 0 Å². The van der Waals surface area contributed by atoms with Crippen LogP contribution in [-0.4, -0.2) is 263 Å². The van der Waals surface area contributed by atoms with Gasteiger partial charge in [-0.1, -0.05) is 79.1 Å². The summed E-state index contributed by atoms with van der Waals surface area (Å²) in [6, 6.07) is -8.48. The van der Waals surface area contributed by atoms with Crippen molar-refractivity contribution < 1.29 is 70.7 Å². The van der Waals surface area contributed by atoms with Crippen molar-refractivity contribution >= 4 is 82.5 Å². The van der Waals surface area contributed by atoms with Crippen LogP contribution in [-0.2, 0) is 57.5 Å². The molecule has 3 saturated heterocycles. The smallest absolute Gasteiger partial charge is 0.343 e. The zero-order chi connectivity index (χ0) is 71.5. The molecule has 4 saturated carbocycles. The number of alkyl halides is 4. The Morgan fingerprint density at radius 3 is 1.81 bits per heavy atom. The number of piperidine rings is 1. The van der Waals surface area contributed by atoms with Gasteiger partial charge in [0.05, 0.1) is 32.0 Å². The zero-order valence-corrected chi connectivity index (χ0v) is 60.0. The molecular formula is C69H110ClF3N12O12. The molecule has 7 fully saturated rings. The van der Waals surface area contributed by atoms with Gasteiger partial charge in [-0.2, -0.15) is 13.2 Å². The lowest BCUT2D eigenvalue weighted by molar-refractivity contribution is -0.182. The van der Waals surface area contributed by atoms with E-state index in [1.54, 1.807) is 25.7 Å². The standard InChI is InChI=1S/C69H110ClF3N12O12/c1-12-43(4)57-65(95)79(7)40-55(88)77(5)41-56(89)80(8)51(37-44-22-15-13-16-23-44)63(93)78(6)39-53(86)74-49(30-26-45-25-29-47(48(70)36-45)69(71,72)73)62(92)85-35-21-24-50(85)60(90)76-68(31-17-18-32-68)67(97)83(11)58(42(2)3)66(96)81(9)52(64(94)84-33-19-14-20-34-84)38-54(87)82(10)59(46-27-28-46)61(91)75-57/h42-52,57-59H,12-41H2,1-11H3,(H,74,86)(H,75,91)(H,76,90)/t43-,45?,47?,48?,49-,50-,51-,52-,57-,58-,59-/m0/s1. The molecule has 3 heterocycles. The first-order valence-electron chi connectivity index (χ1n) is 35.7. The minimum Gasteiger partial charge on any atom is -0.343 e. The molecule has 12 amide bonds. The monoisotopic (exact) mass is 1390 g/mol. The maximum atomic E-state index is 15.4. The number of carbonyl (C=O) groups is 12. The molecule has 0 aromatic carbocycles. The highest BCUT2D eigenvalue weighted by molar-refractivity contribution is 6.21. The topological polar surface area (TPSA) is 270 Å². The zero-order valence-electron chi connectivity index (χ0n) is 59.2. The quantitative estimate of drug-likeness (QED) is 0.246. The highest BCUT2D eigenvalue weighted by atomic mass is 35.5. The third kappa shape index (κ3) is 19.4. The Labute approximate surface area is 576 Å². The molecule has 546 valence electrons. The number of likely N-dealkylation sites (N-methyl/N-ethyl adjacent to an activating group) is 7. The van der Waals surface area contributed by atoms with E-state index >= 15 is 19.2 Å². The third-order valence-electron chi connectivity index (χ3n) is 22.3. The van der Waals surface area contributed by atoms with E-state index in [-0.39, 0.29) is 82.1 Å². The highest BCUT2D eigenvalue weighted by Gasteiger charge is 2.52. The number of fused-ring (bicyclic) bond motifs is 1. The molecule has 1 spiro atoms. The van der Waals surface area contributed by atoms with Crippen LogP contribution in [0.15, 0.2) is 0 Å². The molecule has 97 heavy (non-hydrogen) atoms. The summed E-state index contributed by atoms with van der Waals surface area (Å²) in [5, 5.41) is 7.56. The van der Waals surface area contributed by atoms with Gasteiger partial charge in [-0.3, -0.25) is 57.5 Å². The van der Waals surface area contributed by atoms with Crippen molar-refractivity contribution in [3.8, 4) is 0 Å². The fourth-order valence-corrected chi connectivity index (χ4v) is 16.3. The van der Waals surface area contributed by atoms with E-state index in [1.807, 2.05) is 6.92 Å². The van der Waals surface area contributed by atoms with E-state index < -0.39 is 174 Å².